The van der Waals surface area contributed by atoms with Crippen molar-refractivity contribution < 1.29 is 9.13 Å². The Kier molecular flexibility index (Phi) is 4.90. The Morgan fingerprint density at radius 2 is 2.06 bits per heavy atom. The number of methoxy groups -OCH3 is 1. The number of aryl methyl sites for hydroxylation is 1. The molecule has 16 heavy (non-hydrogen) atoms. The molecule has 0 aliphatic carbocycles. The molecule has 1 N–H and O–H groups in total. The second-order valence-corrected chi connectivity index (χ2v) is 4.25. The van der Waals surface area contributed by atoms with Crippen molar-refractivity contribution in [2.45, 2.75) is 32.9 Å². The van der Waals surface area contributed by atoms with Gasteiger partial charge in [-0.15, -0.1) is 0 Å². The maximum Gasteiger partial charge on any atom is 0.126 e. The molecule has 1 rings (SSSR count). The zero-order chi connectivity index (χ0) is 12.1. The third kappa shape index (κ3) is 3.58. The summed E-state index contributed by atoms with van der Waals surface area (Å²) in [5, 5.41) is 3.35. The van der Waals surface area contributed by atoms with Gasteiger partial charge in [-0.25, -0.2) is 4.39 Å². The second kappa shape index (κ2) is 5.97. The van der Waals surface area contributed by atoms with Crippen LogP contribution in [0.15, 0.2) is 18.2 Å². The first kappa shape index (κ1) is 13.1. The minimum Gasteiger partial charge on any atom is -0.383 e. The van der Waals surface area contributed by atoms with E-state index in [0.717, 1.165) is 5.56 Å². The lowest BCUT2D eigenvalue weighted by Gasteiger charge is -2.20. The summed E-state index contributed by atoms with van der Waals surface area (Å²) in [6.45, 7) is 6.49. The Morgan fingerprint density at radius 1 is 1.38 bits per heavy atom. The van der Waals surface area contributed by atoms with Gasteiger partial charge in [-0.05, 0) is 38.0 Å². The zero-order valence-corrected chi connectivity index (χ0v) is 10.4. The van der Waals surface area contributed by atoms with Gasteiger partial charge < -0.3 is 10.1 Å². The van der Waals surface area contributed by atoms with Crippen LogP contribution in [0.25, 0.3) is 0 Å². The SMILES string of the molecule is COCC(C)NC(C)c1ccc(C)c(F)c1. The van der Waals surface area contributed by atoms with Crippen molar-refractivity contribution in [2.75, 3.05) is 13.7 Å². The van der Waals surface area contributed by atoms with Gasteiger partial charge in [-0.1, -0.05) is 12.1 Å². The Morgan fingerprint density at radius 3 is 2.62 bits per heavy atom. The monoisotopic (exact) mass is 225 g/mol. The number of rotatable bonds is 5. The molecule has 0 aliphatic rings. The van der Waals surface area contributed by atoms with Gasteiger partial charge in [0.05, 0.1) is 6.61 Å². The Bertz CT molecular complexity index is 341. The Balaban J connectivity index is 2.65. The van der Waals surface area contributed by atoms with Crippen LogP contribution in [-0.4, -0.2) is 19.8 Å². The fraction of sp³-hybridized carbons (Fsp3) is 0.538. The van der Waals surface area contributed by atoms with Gasteiger partial charge in [0, 0.05) is 19.2 Å². The smallest absolute Gasteiger partial charge is 0.126 e. The molecule has 0 bridgehead atoms. The molecule has 0 saturated heterocycles. The van der Waals surface area contributed by atoms with E-state index in [-0.39, 0.29) is 17.9 Å². The lowest BCUT2D eigenvalue weighted by molar-refractivity contribution is 0.167. The van der Waals surface area contributed by atoms with Crippen LogP contribution >= 0.6 is 0 Å². The third-order valence-corrected chi connectivity index (χ3v) is 2.65. The maximum atomic E-state index is 13.4. The first-order valence-corrected chi connectivity index (χ1v) is 5.55. The molecule has 3 heteroatoms. The largest absolute Gasteiger partial charge is 0.383 e. The summed E-state index contributed by atoms with van der Waals surface area (Å²) in [4.78, 5) is 0. The van der Waals surface area contributed by atoms with E-state index in [4.69, 9.17) is 4.74 Å². The number of benzene rings is 1. The predicted molar refractivity (Wildman–Crippen MR) is 64.0 cm³/mol. The summed E-state index contributed by atoms with van der Waals surface area (Å²) in [5.41, 5.74) is 1.65. The number of nitrogens with one attached hydrogen (secondary N) is 1. The standard InChI is InChI=1S/C13H20FNO/c1-9-5-6-12(7-13(9)14)11(3)15-10(2)8-16-4/h5-7,10-11,15H,8H2,1-4H3. The van der Waals surface area contributed by atoms with Crippen molar-refractivity contribution in [3.8, 4) is 0 Å². The van der Waals surface area contributed by atoms with Gasteiger partial charge in [-0.2, -0.15) is 0 Å². The van der Waals surface area contributed by atoms with E-state index < -0.39 is 0 Å². The summed E-state index contributed by atoms with van der Waals surface area (Å²) in [5.74, 6) is -0.148. The van der Waals surface area contributed by atoms with Crippen LogP contribution in [0.5, 0.6) is 0 Å². The first-order valence-electron chi connectivity index (χ1n) is 5.55. The van der Waals surface area contributed by atoms with Crippen LogP contribution in [0.4, 0.5) is 4.39 Å². The van der Waals surface area contributed by atoms with Crippen molar-refractivity contribution >= 4 is 0 Å². The summed E-state index contributed by atoms with van der Waals surface area (Å²) >= 11 is 0. The fourth-order valence-electron chi connectivity index (χ4n) is 1.70. The van der Waals surface area contributed by atoms with Crippen LogP contribution in [0.3, 0.4) is 0 Å². The average molecular weight is 225 g/mol. The average Bonchev–Trinajstić information content (AvgIpc) is 2.22. The van der Waals surface area contributed by atoms with E-state index in [1.807, 2.05) is 26.0 Å². The van der Waals surface area contributed by atoms with Crippen LogP contribution < -0.4 is 5.32 Å². The van der Waals surface area contributed by atoms with E-state index in [2.05, 4.69) is 5.32 Å². The fourth-order valence-corrected chi connectivity index (χ4v) is 1.70. The van der Waals surface area contributed by atoms with E-state index >= 15 is 0 Å². The predicted octanol–water partition coefficient (Wildman–Crippen LogP) is 2.82. The first-order chi connectivity index (χ1) is 7.54. The molecule has 0 amide bonds. The molecule has 2 nitrogen and oxygen atoms in total. The third-order valence-electron chi connectivity index (χ3n) is 2.65. The van der Waals surface area contributed by atoms with Gasteiger partial charge in [0.25, 0.3) is 0 Å². The number of hydrogen-bond acceptors (Lipinski definition) is 2. The summed E-state index contributed by atoms with van der Waals surface area (Å²) < 4.78 is 18.4. The quantitative estimate of drug-likeness (QED) is 0.832. The molecule has 2 unspecified atom stereocenters. The van der Waals surface area contributed by atoms with Gasteiger partial charge >= 0.3 is 0 Å². The summed E-state index contributed by atoms with van der Waals surface area (Å²) in [6, 6.07) is 5.73. The van der Waals surface area contributed by atoms with Gasteiger partial charge in [0.2, 0.25) is 0 Å². The van der Waals surface area contributed by atoms with Crippen LogP contribution in [-0.2, 0) is 4.74 Å². The van der Waals surface area contributed by atoms with Crippen LogP contribution in [0.2, 0.25) is 0 Å². The highest BCUT2D eigenvalue weighted by atomic mass is 19.1. The Labute approximate surface area is 96.8 Å². The maximum absolute atomic E-state index is 13.4. The van der Waals surface area contributed by atoms with Crippen LogP contribution in [0, 0.1) is 12.7 Å². The minimum absolute atomic E-state index is 0.125. The molecule has 1 aromatic rings. The normalized spacial score (nSPS) is 14.8. The highest BCUT2D eigenvalue weighted by Gasteiger charge is 2.10. The lowest BCUT2D eigenvalue weighted by atomic mass is 10.1. The molecular weight excluding hydrogens is 205 g/mol. The summed E-state index contributed by atoms with van der Waals surface area (Å²) in [6.07, 6.45) is 0. The van der Waals surface area contributed by atoms with Crippen molar-refractivity contribution in [1.82, 2.24) is 5.32 Å². The van der Waals surface area contributed by atoms with Crippen molar-refractivity contribution in [3.63, 3.8) is 0 Å². The van der Waals surface area contributed by atoms with E-state index in [1.165, 1.54) is 0 Å². The lowest BCUT2D eigenvalue weighted by Crippen LogP contribution is -2.32. The number of halogens is 1. The van der Waals surface area contributed by atoms with Gasteiger partial charge in [0.15, 0.2) is 0 Å². The van der Waals surface area contributed by atoms with Crippen LogP contribution in [0.1, 0.15) is 31.0 Å². The zero-order valence-electron chi connectivity index (χ0n) is 10.4. The molecule has 0 saturated carbocycles. The minimum atomic E-state index is -0.148. The van der Waals surface area contributed by atoms with Gasteiger partial charge in [0.1, 0.15) is 5.82 Å². The van der Waals surface area contributed by atoms with E-state index in [1.54, 1.807) is 20.1 Å². The molecule has 0 radical (unpaired) electrons. The van der Waals surface area contributed by atoms with Gasteiger partial charge in [-0.3, -0.25) is 0 Å². The summed E-state index contributed by atoms with van der Waals surface area (Å²) in [7, 11) is 1.67. The van der Waals surface area contributed by atoms with E-state index in [9.17, 15) is 4.39 Å². The molecule has 0 aromatic heterocycles. The van der Waals surface area contributed by atoms with E-state index in [0.29, 0.717) is 12.2 Å². The number of ether oxygens (including phenoxy) is 1. The second-order valence-electron chi connectivity index (χ2n) is 4.25. The highest BCUT2D eigenvalue weighted by molar-refractivity contribution is 5.25. The molecule has 90 valence electrons. The molecule has 1 aromatic carbocycles. The number of hydrogen-bond donors (Lipinski definition) is 1. The topological polar surface area (TPSA) is 21.3 Å². The molecule has 0 aliphatic heterocycles. The molecule has 0 heterocycles. The van der Waals surface area contributed by atoms with Crippen molar-refractivity contribution in [3.05, 3.63) is 35.1 Å². The molecule has 0 spiro atoms. The molecule has 0 fully saturated rings. The highest BCUT2D eigenvalue weighted by Crippen LogP contribution is 2.16. The van der Waals surface area contributed by atoms with Crippen molar-refractivity contribution in [2.24, 2.45) is 0 Å². The van der Waals surface area contributed by atoms with Crippen molar-refractivity contribution in [1.29, 1.82) is 0 Å². The molecular formula is C13H20FNO. The Hall–Kier alpha value is -0.930. The molecule has 2 atom stereocenters.